The fourth-order valence-corrected chi connectivity index (χ4v) is 8.89. The van der Waals surface area contributed by atoms with Gasteiger partial charge < -0.3 is 4.42 Å². The van der Waals surface area contributed by atoms with Gasteiger partial charge in [-0.1, -0.05) is 115 Å². The van der Waals surface area contributed by atoms with Crippen molar-refractivity contribution in [3.63, 3.8) is 0 Å². The van der Waals surface area contributed by atoms with E-state index in [4.69, 9.17) is 19.4 Å². The van der Waals surface area contributed by atoms with E-state index in [-0.39, 0.29) is 0 Å². The molecule has 0 spiro atoms. The van der Waals surface area contributed by atoms with Crippen molar-refractivity contribution < 1.29 is 4.42 Å². The predicted molar refractivity (Wildman–Crippen MR) is 209 cm³/mol. The first-order valence-electron chi connectivity index (χ1n) is 16.7. The molecule has 11 aromatic rings. The highest BCUT2D eigenvalue weighted by Gasteiger charge is 2.22. The van der Waals surface area contributed by atoms with Crippen LogP contribution in [-0.4, -0.2) is 15.0 Å². The Morgan fingerprint density at radius 2 is 1.02 bits per heavy atom. The van der Waals surface area contributed by atoms with Gasteiger partial charge in [-0.05, 0) is 63.3 Å². The summed E-state index contributed by atoms with van der Waals surface area (Å²) in [7, 11) is 0. The lowest BCUT2D eigenvalue weighted by Crippen LogP contribution is -2.00. The summed E-state index contributed by atoms with van der Waals surface area (Å²) in [5, 5.41) is 11.9. The van der Waals surface area contributed by atoms with E-state index in [1.807, 2.05) is 59.9 Å². The predicted octanol–water partition coefficient (Wildman–Crippen LogP) is 12.6. The molecule has 0 radical (unpaired) electrons. The number of thiophene rings is 1. The minimum atomic E-state index is 0.622. The lowest BCUT2D eigenvalue weighted by molar-refractivity contribution is 0.669. The Hall–Kier alpha value is -6.43. The number of benzene rings is 8. The van der Waals surface area contributed by atoms with E-state index in [1.165, 1.54) is 47.1 Å². The van der Waals surface area contributed by atoms with Gasteiger partial charge in [0, 0.05) is 53.0 Å². The number of fused-ring (bicyclic) bond motifs is 12. The third-order valence-corrected chi connectivity index (χ3v) is 11.1. The molecule has 5 heteroatoms. The van der Waals surface area contributed by atoms with Crippen LogP contribution in [0.25, 0.3) is 109 Å². The van der Waals surface area contributed by atoms with E-state index >= 15 is 0 Å². The molecule has 0 aliphatic carbocycles. The molecule has 3 heterocycles. The van der Waals surface area contributed by atoms with Crippen LogP contribution >= 0.6 is 11.3 Å². The molecule has 3 aromatic heterocycles. The van der Waals surface area contributed by atoms with E-state index in [1.54, 1.807) is 0 Å². The number of para-hydroxylation sites is 1. The van der Waals surface area contributed by atoms with Crippen LogP contribution in [0.15, 0.2) is 156 Å². The Kier molecular flexibility index (Phi) is 5.80. The molecular formula is C45H25N3OS. The zero-order valence-corrected chi connectivity index (χ0v) is 27.4. The lowest BCUT2D eigenvalue weighted by atomic mass is 9.94. The van der Waals surface area contributed by atoms with Gasteiger partial charge >= 0.3 is 0 Å². The Balaban J connectivity index is 1.27. The van der Waals surface area contributed by atoms with Gasteiger partial charge in [0.05, 0.1) is 0 Å². The van der Waals surface area contributed by atoms with Crippen LogP contribution in [0.2, 0.25) is 0 Å². The summed E-state index contributed by atoms with van der Waals surface area (Å²) in [6.07, 6.45) is 0. The quantitative estimate of drug-likeness (QED) is 0.178. The molecule has 0 atom stereocenters. The average molecular weight is 656 g/mol. The van der Waals surface area contributed by atoms with Gasteiger partial charge in [0.15, 0.2) is 17.5 Å². The van der Waals surface area contributed by atoms with Crippen molar-refractivity contribution in [1.29, 1.82) is 0 Å². The van der Waals surface area contributed by atoms with Gasteiger partial charge in [0.25, 0.3) is 0 Å². The normalized spacial score (nSPS) is 12.0. The van der Waals surface area contributed by atoms with Crippen molar-refractivity contribution in [2.75, 3.05) is 0 Å². The second-order valence-corrected chi connectivity index (χ2v) is 13.8. The van der Waals surface area contributed by atoms with E-state index < -0.39 is 0 Å². The van der Waals surface area contributed by atoms with Gasteiger partial charge in [-0.25, -0.2) is 15.0 Å². The van der Waals surface area contributed by atoms with Crippen molar-refractivity contribution in [1.82, 2.24) is 15.0 Å². The second kappa shape index (κ2) is 10.5. The molecule has 11 rings (SSSR count). The van der Waals surface area contributed by atoms with E-state index in [2.05, 4.69) is 103 Å². The maximum Gasteiger partial charge on any atom is 0.164 e. The summed E-state index contributed by atoms with van der Waals surface area (Å²) in [6, 6.07) is 53.1. The van der Waals surface area contributed by atoms with E-state index in [9.17, 15) is 0 Å². The largest absolute Gasteiger partial charge is 0.456 e. The molecule has 0 amide bonds. The molecule has 0 saturated heterocycles. The first kappa shape index (κ1) is 27.5. The molecule has 0 saturated carbocycles. The van der Waals surface area contributed by atoms with Crippen molar-refractivity contribution >= 4 is 85.8 Å². The van der Waals surface area contributed by atoms with Crippen LogP contribution < -0.4 is 0 Å². The zero-order chi connectivity index (χ0) is 32.8. The molecule has 0 aliphatic rings. The first-order valence-corrected chi connectivity index (χ1v) is 17.5. The van der Waals surface area contributed by atoms with Gasteiger partial charge in [-0.2, -0.15) is 0 Å². The third-order valence-electron chi connectivity index (χ3n) is 9.88. The summed E-state index contributed by atoms with van der Waals surface area (Å²) in [6.45, 7) is 0. The second-order valence-electron chi connectivity index (χ2n) is 12.8. The van der Waals surface area contributed by atoms with Gasteiger partial charge in [-0.15, -0.1) is 11.3 Å². The zero-order valence-electron chi connectivity index (χ0n) is 26.6. The Bertz CT molecular complexity index is 3160. The number of furan rings is 1. The maximum atomic E-state index is 6.16. The lowest BCUT2D eigenvalue weighted by Gasteiger charge is -2.13. The van der Waals surface area contributed by atoms with Crippen molar-refractivity contribution in [2.45, 2.75) is 0 Å². The summed E-state index contributed by atoms with van der Waals surface area (Å²) in [5.41, 5.74) is 4.56. The molecule has 0 fully saturated rings. The molecule has 0 aliphatic heterocycles. The van der Waals surface area contributed by atoms with E-state index in [0.717, 1.165) is 44.0 Å². The molecule has 4 nitrogen and oxygen atoms in total. The van der Waals surface area contributed by atoms with Gasteiger partial charge in [0.1, 0.15) is 11.2 Å². The topological polar surface area (TPSA) is 51.8 Å². The maximum absolute atomic E-state index is 6.16. The molecular weight excluding hydrogens is 631 g/mol. The SMILES string of the molecule is c1ccc(-c2nc(-c3ccc4oc5ccccc5c4c3)nc(-c3cc4ccc5ccccc5c4c4sc5ccc6ccccc6c5c34)n2)cc1. The molecule has 8 aromatic carbocycles. The van der Waals surface area contributed by atoms with Crippen LogP contribution in [0.1, 0.15) is 0 Å². The molecule has 0 N–H and O–H groups in total. The minimum absolute atomic E-state index is 0.622. The Morgan fingerprint density at radius 3 is 1.84 bits per heavy atom. The average Bonchev–Trinajstić information content (AvgIpc) is 3.76. The van der Waals surface area contributed by atoms with Crippen LogP contribution in [0.4, 0.5) is 0 Å². The number of nitrogens with zero attached hydrogens (tertiary/aromatic N) is 3. The van der Waals surface area contributed by atoms with Crippen molar-refractivity contribution in [2.24, 2.45) is 0 Å². The third kappa shape index (κ3) is 4.08. The minimum Gasteiger partial charge on any atom is -0.456 e. The fourth-order valence-electron chi connectivity index (χ4n) is 7.58. The van der Waals surface area contributed by atoms with Gasteiger partial charge in [-0.3, -0.25) is 0 Å². The summed E-state index contributed by atoms with van der Waals surface area (Å²) in [5.74, 6) is 1.91. The van der Waals surface area contributed by atoms with Crippen LogP contribution in [0.3, 0.4) is 0 Å². The smallest absolute Gasteiger partial charge is 0.164 e. The highest BCUT2D eigenvalue weighted by molar-refractivity contribution is 7.27. The molecule has 0 unspecified atom stereocenters. The van der Waals surface area contributed by atoms with Gasteiger partial charge in [0.2, 0.25) is 0 Å². The number of rotatable bonds is 3. The molecule has 50 heavy (non-hydrogen) atoms. The number of hydrogen-bond acceptors (Lipinski definition) is 5. The Morgan fingerprint density at radius 1 is 0.400 bits per heavy atom. The first-order chi connectivity index (χ1) is 24.8. The monoisotopic (exact) mass is 655 g/mol. The standard InChI is InChI=1S/C45H25N3OS/c1-2-12-28(13-3-1)43-46-44(30-20-22-37-34(25-30)33-16-8-9-17-36(33)49-37)48-45(47-43)35-24-29-19-18-26-10-4-6-14-31(26)39(29)42-41(35)40-32-15-7-5-11-27(32)21-23-38(40)50-42/h1-25H. The molecule has 232 valence electrons. The molecule has 0 bridgehead atoms. The summed E-state index contributed by atoms with van der Waals surface area (Å²) in [4.78, 5) is 15.7. The highest BCUT2D eigenvalue weighted by atomic mass is 32.1. The van der Waals surface area contributed by atoms with Crippen LogP contribution in [0.5, 0.6) is 0 Å². The van der Waals surface area contributed by atoms with E-state index in [0.29, 0.717) is 17.5 Å². The van der Waals surface area contributed by atoms with Crippen LogP contribution in [0, 0.1) is 0 Å². The number of hydrogen-bond donors (Lipinski definition) is 0. The van der Waals surface area contributed by atoms with Crippen LogP contribution in [-0.2, 0) is 0 Å². The number of aromatic nitrogens is 3. The highest BCUT2D eigenvalue weighted by Crippen LogP contribution is 2.48. The van der Waals surface area contributed by atoms with Crippen molar-refractivity contribution in [3.05, 3.63) is 152 Å². The summed E-state index contributed by atoms with van der Waals surface area (Å²) < 4.78 is 8.66. The Labute approximate surface area is 289 Å². The summed E-state index contributed by atoms with van der Waals surface area (Å²) >= 11 is 1.85. The fraction of sp³-hybridized carbons (Fsp3) is 0. The van der Waals surface area contributed by atoms with Crippen molar-refractivity contribution in [3.8, 4) is 34.2 Å².